The molecule has 0 atom stereocenters. The van der Waals surface area contributed by atoms with Gasteiger partial charge in [-0.2, -0.15) is 5.10 Å². The molecule has 1 N–H and O–H groups in total. The Bertz CT molecular complexity index is 452. The van der Waals surface area contributed by atoms with Crippen molar-refractivity contribution in [3.63, 3.8) is 0 Å². The lowest BCUT2D eigenvalue weighted by molar-refractivity contribution is 0.303. The molecule has 0 spiro atoms. The number of nitrogens with zero attached hydrogens (tertiary/aromatic N) is 2. The maximum atomic E-state index is 12.0. The van der Waals surface area contributed by atoms with E-state index in [4.69, 9.17) is 0 Å². The quantitative estimate of drug-likeness (QED) is 0.840. The normalized spacial score (nSPS) is 11.4. The molecule has 1 aromatic carbocycles. The summed E-state index contributed by atoms with van der Waals surface area (Å²) in [5.41, 5.74) is 2.27. The number of rotatable bonds is 5. The number of hydrogen-bond acceptors (Lipinski definition) is 2. The minimum Gasteiger partial charge on any atom is -0.302 e. The fourth-order valence-corrected chi connectivity index (χ4v) is 1.80. The Kier molecular flexibility index (Phi) is 3.51. The van der Waals surface area contributed by atoms with Crippen LogP contribution >= 0.6 is 0 Å². The van der Waals surface area contributed by atoms with Crippen LogP contribution in [-0.2, 0) is 6.54 Å². The fourth-order valence-electron chi connectivity index (χ4n) is 1.80. The van der Waals surface area contributed by atoms with Gasteiger partial charge in [0, 0.05) is 18.5 Å². The van der Waals surface area contributed by atoms with Crippen molar-refractivity contribution in [3.8, 4) is 0 Å². The van der Waals surface area contributed by atoms with E-state index >= 15 is 0 Å². The molecule has 86 valence electrons. The maximum absolute atomic E-state index is 12.0. The molecule has 0 fully saturated rings. The lowest BCUT2D eigenvalue weighted by Gasteiger charge is -2.15. The molecule has 3 nitrogen and oxygen atoms in total. The Morgan fingerprint density at radius 2 is 2.31 bits per heavy atom. The van der Waals surface area contributed by atoms with Crippen LogP contribution in [0.1, 0.15) is 12.0 Å². The zero-order valence-electron chi connectivity index (χ0n) is 9.41. The van der Waals surface area contributed by atoms with Gasteiger partial charge in [0.05, 0.1) is 18.4 Å². The summed E-state index contributed by atoms with van der Waals surface area (Å²) in [7, 11) is 2.01. The summed E-state index contributed by atoms with van der Waals surface area (Å²) < 4.78 is 12.0. The van der Waals surface area contributed by atoms with E-state index in [0.717, 1.165) is 24.0 Å². The van der Waals surface area contributed by atoms with E-state index in [1.807, 2.05) is 13.2 Å². The van der Waals surface area contributed by atoms with Gasteiger partial charge in [-0.15, -0.1) is 0 Å². The van der Waals surface area contributed by atoms with Crippen molar-refractivity contribution in [1.82, 2.24) is 15.1 Å². The molecule has 0 radical (unpaired) electrons. The van der Waals surface area contributed by atoms with Crippen molar-refractivity contribution in [2.24, 2.45) is 0 Å². The SMILES string of the molecule is CN(CCCF)Cc1ccc2cn[nH]c2c1. The first kappa shape index (κ1) is 11.1. The van der Waals surface area contributed by atoms with E-state index in [0.29, 0.717) is 6.42 Å². The summed E-state index contributed by atoms with van der Waals surface area (Å²) in [5.74, 6) is 0. The van der Waals surface area contributed by atoms with Crippen LogP contribution in [0.15, 0.2) is 24.4 Å². The third-order valence-corrected chi connectivity index (χ3v) is 2.63. The van der Waals surface area contributed by atoms with Gasteiger partial charge >= 0.3 is 0 Å². The summed E-state index contributed by atoms with van der Waals surface area (Å²) in [5, 5.41) is 8.05. The van der Waals surface area contributed by atoms with E-state index in [1.54, 1.807) is 0 Å². The largest absolute Gasteiger partial charge is 0.302 e. The second-order valence-electron chi connectivity index (χ2n) is 4.07. The molecule has 2 rings (SSSR count). The smallest absolute Gasteiger partial charge is 0.0906 e. The zero-order valence-corrected chi connectivity index (χ0v) is 9.41. The minimum absolute atomic E-state index is 0.246. The third-order valence-electron chi connectivity index (χ3n) is 2.63. The van der Waals surface area contributed by atoms with Crippen molar-refractivity contribution in [2.75, 3.05) is 20.3 Å². The van der Waals surface area contributed by atoms with E-state index in [2.05, 4.69) is 33.3 Å². The van der Waals surface area contributed by atoms with Crippen LogP contribution in [0.4, 0.5) is 4.39 Å². The summed E-state index contributed by atoms with van der Waals surface area (Å²) in [6, 6.07) is 6.23. The van der Waals surface area contributed by atoms with Gasteiger partial charge in [-0.3, -0.25) is 9.49 Å². The van der Waals surface area contributed by atoms with Gasteiger partial charge in [-0.1, -0.05) is 12.1 Å². The van der Waals surface area contributed by atoms with Crippen molar-refractivity contribution in [1.29, 1.82) is 0 Å². The standard InChI is InChI=1S/C12H16FN3/c1-16(6-2-5-13)9-10-3-4-11-8-14-15-12(11)7-10/h3-4,7-8H,2,5-6,9H2,1H3,(H,14,15). The highest BCUT2D eigenvalue weighted by Crippen LogP contribution is 2.13. The average Bonchev–Trinajstić information content (AvgIpc) is 2.73. The summed E-state index contributed by atoms with van der Waals surface area (Å²) in [6.07, 6.45) is 2.41. The van der Waals surface area contributed by atoms with Gasteiger partial charge in [0.25, 0.3) is 0 Å². The highest BCUT2D eigenvalue weighted by molar-refractivity contribution is 5.78. The van der Waals surface area contributed by atoms with Crippen molar-refractivity contribution >= 4 is 10.9 Å². The molecule has 0 amide bonds. The number of benzene rings is 1. The molecule has 0 saturated carbocycles. The molecule has 16 heavy (non-hydrogen) atoms. The first-order chi connectivity index (χ1) is 7.79. The maximum Gasteiger partial charge on any atom is 0.0906 e. The van der Waals surface area contributed by atoms with Gasteiger partial charge in [0.1, 0.15) is 0 Å². The molecule has 0 aliphatic carbocycles. The molecule has 1 heterocycles. The molecule has 0 bridgehead atoms. The molecular weight excluding hydrogens is 205 g/mol. The Balaban J connectivity index is 2.03. The first-order valence-corrected chi connectivity index (χ1v) is 5.46. The Labute approximate surface area is 94.3 Å². The van der Waals surface area contributed by atoms with Gasteiger partial charge in [0.2, 0.25) is 0 Å². The minimum atomic E-state index is -0.246. The third kappa shape index (κ3) is 2.58. The predicted molar refractivity (Wildman–Crippen MR) is 63.0 cm³/mol. The summed E-state index contributed by atoms with van der Waals surface area (Å²) in [6.45, 7) is 1.39. The Hall–Kier alpha value is -1.42. The van der Waals surface area contributed by atoms with E-state index in [-0.39, 0.29) is 6.67 Å². The van der Waals surface area contributed by atoms with Gasteiger partial charge in [0.15, 0.2) is 0 Å². The van der Waals surface area contributed by atoms with E-state index in [1.165, 1.54) is 5.56 Å². The van der Waals surface area contributed by atoms with Crippen LogP contribution in [0, 0.1) is 0 Å². The number of alkyl halides is 1. The monoisotopic (exact) mass is 221 g/mol. The zero-order chi connectivity index (χ0) is 11.4. The fraction of sp³-hybridized carbons (Fsp3) is 0.417. The van der Waals surface area contributed by atoms with Crippen molar-refractivity contribution in [3.05, 3.63) is 30.0 Å². The van der Waals surface area contributed by atoms with Crippen molar-refractivity contribution in [2.45, 2.75) is 13.0 Å². The first-order valence-electron chi connectivity index (χ1n) is 5.46. The molecule has 0 unspecified atom stereocenters. The number of halogens is 1. The van der Waals surface area contributed by atoms with Crippen LogP contribution in [0.2, 0.25) is 0 Å². The molecule has 1 aromatic heterocycles. The second kappa shape index (κ2) is 5.07. The summed E-state index contributed by atoms with van der Waals surface area (Å²) in [4.78, 5) is 2.12. The molecule has 0 aliphatic rings. The highest BCUT2D eigenvalue weighted by Gasteiger charge is 2.02. The van der Waals surface area contributed by atoms with Gasteiger partial charge in [-0.05, 0) is 25.1 Å². The molecule has 0 aliphatic heterocycles. The topological polar surface area (TPSA) is 31.9 Å². The number of fused-ring (bicyclic) bond motifs is 1. The number of nitrogens with one attached hydrogen (secondary N) is 1. The second-order valence-corrected chi connectivity index (χ2v) is 4.07. The van der Waals surface area contributed by atoms with Crippen LogP contribution in [0.25, 0.3) is 10.9 Å². The molecular formula is C12H16FN3. The van der Waals surface area contributed by atoms with Crippen LogP contribution < -0.4 is 0 Å². The number of hydrogen-bond donors (Lipinski definition) is 1. The predicted octanol–water partition coefficient (Wildman–Crippen LogP) is 2.35. The Morgan fingerprint density at radius 1 is 1.44 bits per heavy atom. The van der Waals surface area contributed by atoms with Crippen LogP contribution in [0.3, 0.4) is 0 Å². The number of H-pyrrole nitrogens is 1. The Morgan fingerprint density at radius 3 is 3.12 bits per heavy atom. The van der Waals surface area contributed by atoms with Gasteiger partial charge < -0.3 is 4.90 Å². The van der Waals surface area contributed by atoms with Gasteiger partial charge in [-0.25, -0.2) is 0 Å². The molecule has 4 heteroatoms. The number of aromatic nitrogens is 2. The highest BCUT2D eigenvalue weighted by atomic mass is 19.1. The van der Waals surface area contributed by atoms with Crippen LogP contribution in [-0.4, -0.2) is 35.4 Å². The summed E-state index contributed by atoms with van der Waals surface area (Å²) >= 11 is 0. The van der Waals surface area contributed by atoms with Crippen LogP contribution in [0.5, 0.6) is 0 Å². The molecule has 0 saturated heterocycles. The lowest BCUT2D eigenvalue weighted by atomic mass is 10.1. The average molecular weight is 221 g/mol. The number of aromatic amines is 1. The molecule has 2 aromatic rings. The van der Waals surface area contributed by atoms with E-state index < -0.39 is 0 Å². The van der Waals surface area contributed by atoms with E-state index in [9.17, 15) is 4.39 Å². The van der Waals surface area contributed by atoms with Crippen molar-refractivity contribution < 1.29 is 4.39 Å². The lowest BCUT2D eigenvalue weighted by Crippen LogP contribution is -2.19.